The summed E-state index contributed by atoms with van der Waals surface area (Å²) in [6.07, 6.45) is 9.25. The van der Waals surface area contributed by atoms with Crippen LogP contribution >= 0.6 is 11.3 Å². The van der Waals surface area contributed by atoms with Gasteiger partial charge in [-0.2, -0.15) is 0 Å². The zero-order valence-corrected chi connectivity index (χ0v) is 21.8. The van der Waals surface area contributed by atoms with Crippen molar-refractivity contribution in [1.82, 2.24) is 4.90 Å². The number of hydrogen-bond acceptors (Lipinski definition) is 7. The first-order valence-electron chi connectivity index (χ1n) is 12.5. The van der Waals surface area contributed by atoms with E-state index in [0.717, 1.165) is 81.0 Å². The number of thiophene rings is 1. The van der Waals surface area contributed by atoms with Gasteiger partial charge in [0.1, 0.15) is 6.10 Å². The van der Waals surface area contributed by atoms with Gasteiger partial charge in [-0.05, 0) is 56.4 Å². The molecule has 0 bridgehead atoms. The number of carbonyl (C=O) groups is 1. The molecule has 2 N–H and O–H groups in total. The monoisotopic (exact) mass is 491 g/mol. The zero-order chi connectivity index (χ0) is 24.5. The van der Waals surface area contributed by atoms with Crippen LogP contribution in [0.25, 0.3) is 12.5 Å². The Kier molecular flexibility index (Phi) is 10.6. The number of amides is 1. The summed E-state index contributed by atoms with van der Waals surface area (Å²) >= 11 is 1.71. The van der Waals surface area contributed by atoms with Crippen LogP contribution in [-0.2, 0) is 25.4 Å². The summed E-state index contributed by atoms with van der Waals surface area (Å²) in [5.41, 5.74) is 6.74. The molecule has 0 spiro atoms. The number of primary amides is 1. The van der Waals surface area contributed by atoms with Gasteiger partial charge in [-0.1, -0.05) is 13.5 Å². The molecule has 190 valence electrons. The Balaban J connectivity index is 1.78. The third-order valence-electron chi connectivity index (χ3n) is 6.88. The Hall–Kier alpha value is -1.74. The lowest BCUT2D eigenvalue weighted by Crippen LogP contribution is -2.43. The predicted molar refractivity (Wildman–Crippen MR) is 139 cm³/mol. The Morgan fingerprint density at radius 1 is 1.18 bits per heavy atom. The number of carbonyl (C=O) groups excluding carboxylic acids is 1. The number of aryl methyl sites for hydroxylation is 1. The number of methoxy groups -OCH3 is 2. The molecule has 7 nitrogen and oxygen atoms in total. The number of fused-ring (bicyclic) bond motifs is 1. The SMILES string of the molecule is C=c1sc2c(/c1=C(/N=C\CC)OC1CCC(N(CCOC)CCOC)CC1)[C@@H](CC(N)=O)CC2. The van der Waals surface area contributed by atoms with E-state index >= 15 is 0 Å². The molecule has 1 amide bonds. The highest BCUT2D eigenvalue weighted by Crippen LogP contribution is 2.35. The van der Waals surface area contributed by atoms with Gasteiger partial charge >= 0.3 is 0 Å². The third kappa shape index (κ3) is 6.90. The van der Waals surface area contributed by atoms with Crippen molar-refractivity contribution in [2.24, 2.45) is 10.7 Å². The molecule has 1 heterocycles. The minimum Gasteiger partial charge on any atom is -0.474 e. The van der Waals surface area contributed by atoms with Gasteiger partial charge in [0.25, 0.3) is 0 Å². The van der Waals surface area contributed by atoms with Gasteiger partial charge < -0.3 is 19.9 Å². The van der Waals surface area contributed by atoms with E-state index in [1.807, 2.05) is 6.21 Å². The third-order valence-corrected chi connectivity index (χ3v) is 8.00. The number of ether oxygens (including phenoxy) is 3. The molecular weight excluding hydrogens is 450 g/mol. The molecule has 0 unspecified atom stereocenters. The minimum absolute atomic E-state index is 0.123. The van der Waals surface area contributed by atoms with E-state index in [4.69, 9.17) is 24.9 Å². The molecule has 3 rings (SSSR count). The second-order valence-corrected chi connectivity index (χ2v) is 10.4. The van der Waals surface area contributed by atoms with Crippen LogP contribution in [0.2, 0.25) is 0 Å². The number of rotatable bonds is 13. The molecule has 1 aromatic heterocycles. The fourth-order valence-corrected chi connectivity index (χ4v) is 6.40. The average molecular weight is 492 g/mol. The van der Waals surface area contributed by atoms with Crippen molar-refractivity contribution >= 4 is 35.9 Å². The highest BCUT2D eigenvalue weighted by Gasteiger charge is 2.31. The van der Waals surface area contributed by atoms with Gasteiger partial charge in [0, 0.05) is 55.4 Å². The lowest BCUT2D eigenvalue weighted by molar-refractivity contribution is -0.118. The molecule has 0 saturated heterocycles. The topological polar surface area (TPSA) is 86.4 Å². The molecule has 2 aliphatic rings. The molecule has 1 fully saturated rings. The quantitative estimate of drug-likeness (QED) is 0.429. The predicted octanol–water partition coefficient (Wildman–Crippen LogP) is 2.53. The Morgan fingerprint density at radius 3 is 2.44 bits per heavy atom. The van der Waals surface area contributed by atoms with Crippen LogP contribution < -0.4 is 15.5 Å². The first-order chi connectivity index (χ1) is 16.5. The van der Waals surface area contributed by atoms with Crippen LogP contribution in [0.4, 0.5) is 0 Å². The zero-order valence-electron chi connectivity index (χ0n) is 21.0. The highest BCUT2D eigenvalue weighted by molar-refractivity contribution is 7.10. The molecule has 34 heavy (non-hydrogen) atoms. The smallest absolute Gasteiger partial charge is 0.222 e. The molecule has 1 atom stereocenters. The van der Waals surface area contributed by atoms with Gasteiger partial charge in [-0.3, -0.25) is 9.69 Å². The summed E-state index contributed by atoms with van der Waals surface area (Å²) in [4.78, 5) is 20.2. The Labute approximate surface area is 207 Å². The van der Waals surface area contributed by atoms with Crippen LogP contribution in [0.1, 0.15) is 68.2 Å². The standard InChI is InChI=1S/C26H41N3O4S/c1-5-12-28-26(24-18(2)34-22-11-6-19(25(22)24)17-23(27)30)33-21-9-7-20(8-10-21)29(13-15-31-3)14-16-32-4/h12,19-21H,2,5-11,13-17H2,1,3-4H3,(H2,27,30)/b26-24-,28-12-/t19-,20?,21?/m1/s1. The number of nitrogens with zero attached hydrogens (tertiary/aromatic N) is 2. The fourth-order valence-electron chi connectivity index (χ4n) is 5.20. The van der Waals surface area contributed by atoms with Gasteiger partial charge in [0.2, 0.25) is 11.8 Å². The van der Waals surface area contributed by atoms with Crippen LogP contribution in [0.5, 0.6) is 0 Å². The molecule has 0 aromatic carbocycles. The van der Waals surface area contributed by atoms with Crippen LogP contribution in [0, 0.1) is 0 Å². The van der Waals surface area contributed by atoms with Crippen LogP contribution in [0.15, 0.2) is 4.99 Å². The van der Waals surface area contributed by atoms with Crippen molar-refractivity contribution in [1.29, 1.82) is 0 Å². The Morgan fingerprint density at radius 2 is 1.85 bits per heavy atom. The maximum atomic E-state index is 11.7. The van der Waals surface area contributed by atoms with Gasteiger partial charge in [-0.15, -0.1) is 11.3 Å². The summed E-state index contributed by atoms with van der Waals surface area (Å²) < 4.78 is 18.2. The van der Waals surface area contributed by atoms with Crippen molar-refractivity contribution in [3.05, 3.63) is 20.2 Å². The van der Waals surface area contributed by atoms with E-state index in [0.29, 0.717) is 18.3 Å². The lowest BCUT2D eigenvalue weighted by Gasteiger charge is -2.36. The number of nitrogens with two attached hydrogens (primary N) is 1. The minimum atomic E-state index is -0.259. The normalized spacial score (nSPS) is 23.5. The maximum absolute atomic E-state index is 11.7. The fraction of sp³-hybridized carbons (Fsp3) is 0.692. The summed E-state index contributed by atoms with van der Waals surface area (Å²) in [5, 5.41) is 0.998. The second-order valence-electron chi connectivity index (χ2n) is 9.24. The molecule has 8 heteroatoms. The first kappa shape index (κ1) is 26.9. The van der Waals surface area contributed by atoms with E-state index in [1.165, 1.54) is 10.4 Å². The molecule has 1 aromatic rings. The average Bonchev–Trinajstić information content (AvgIpc) is 3.35. The number of hydrogen-bond donors (Lipinski definition) is 1. The van der Waals surface area contributed by atoms with Crippen molar-refractivity contribution in [3.63, 3.8) is 0 Å². The summed E-state index contributed by atoms with van der Waals surface area (Å²) in [6.45, 7) is 9.67. The summed E-state index contributed by atoms with van der Waals surface area (Å²) in [6, 6.07) is 0.515. The van der Waals surface area contributed by atoms with E-state index in [2.05, 4.69) is 18.4 Å². The lowest BCUT2D eigenvalue weighted by atomic mass is 9.91. The van der Waals surface area contributed by atoms with Crippen molar-refractivity contribution in [3.8, 4) is 0 Å². The molecular formula is C26H41N3O4S. The van der Waals surface area contributed by atoms with E-state index in [9.17, 15) is 4.79 Å². The first-order valence-corrected chi connectivity index (χ1v) is 13.3. The van der Waals surface area contributed by atoms with Gasteiger partial charge in [0.05, 0.1) is 18.4 Å². The summed E-state index contributed by atoms with van der Waals surface area (Å²) in [5.74, 6) is 0.542. The summed E-state index contributed by atoms with van der Waals surface area (Å²) in [7, 11) is 3.50. The molecule has 0 radical (unpaired) electrons. The molecule has 0 aliphatic heterocycles. The number of aliphatic imine (C=N–C) groups is 1. The van der Waals surface area contributed by atoms with E-state index < -0.39 is 0 Å². The molecule has 2 aliphatic carbocycles. The maximum Gasteiger partial charge on any atom is 0.222 e. The van der Waals surface area contributed by atoms with E-state index in [-0.39, 0.29) is 17.9 Å². The highest BCUT2D eigenvalue weighted by atomic mass is 32.1. The largest absolute Gasteiger partial charge is 0.474 e. The van der Waals surface area contributed by atoms with Crippen molar-refractivity contribution < 1.29 is 19.0 Å². The van der Waals surface area contributed by atoms with Crippen LogP contribution in [0.3, 0.4) is 0 Å². The van der Waals surface area contributed by atoms with E-state index in [1.54, 1.807) is 25.6 Å². The van der Waals surface area contributed by atoms with Crippen molar-refractivity contribution in [2.45, 2.75) is 76.4 Å². The van der Waals surface area contributed by atoms with Crippen molar-refractivity contribution in [2.75, 3.05) is 40.5 Å². The molecule has 1 saturated carbocycles. The van der Waals surface area contributed by atoms with Gasteiger partial charge in [0.15, 0.2) is 0 Å². The van der Waals surface area contributed by atoms with Crippen LogP contribution in [-0.4, -0.2) is 69.7 Å². The Bertz CT molecular complexity index is 929. The van der Waals surface area contributed by atoms with Gasteiger partial charge in [-0.25, -0.2) is 4.99 Å². The second kappa shape index (κ2) is 13.4.